The minimum atomic E-state index is -0.992. The lowest BCUT2D eigenvalue weighted by molar-refractivity contribution is -0.138. The standard InChI is InChI=1S/C25H26N2O5/c1-16(2)22(14-24(29)30)27-23(28)12-7-13-26-25(31)32-15-21-19-10-5-3-8-17(19)18-9-4-6-11-20(18)21/h3-6,8-11,16,21-22H,13-15H2,1-2H3,(H,26,31)(H,27,28)(H,29,30)/t22-/m0/s1. The maximum absolute atomic E-state index is 12.1. The molecule has 0 bridgehead atoms. The first-order valence-corrected chi connectivity index (χ1v) is 10.5. The van der Waals surface area contributed by atoms with E-state index in [1.807, 2.05) is 50.2 Å². The number of nitrogens with one attached hydrogen (secondary N) is 2. The Kier molecular flexibility index (Phi) is 7.50. The Morgan fingerprint density at radius 3 is 2.19 bits per heavy atom. The topological polar surface area (TPSA) is 105 Å². The highest BCUT2D eigenvalue weighted by atomic mass is 16.5. The quantitative estimate of drug-likeness (QED) is 0.581. The number of fused-ring (bicyclic) bond motifs is 3. The molecule has 0 fully saturated rings. The van der Waals surface area contributed by atoms with E-state index < -0.39 is 24.0 Å². The van der Waals surface area contributed by atoms with Crippen molar-refractivity contribution in [3.05, 3.63) is 59.7 Å². The maximum Gasteiger partial charge on any atom is 0.407 e. The molecule has 2 aromatic carbocycles. The van der Waals surface area contributed by atoms with Gasteiger partial charge in [-0.05, 0) is 34.1 Å². The van der Waals surface area contributed by atoms with Gasteiger partial charge < -0.3 is 20.5 Å². The second kappa shape index (κ2) is 10.5. The Bertz CT molecular complexity index is 1020. The van der Waals surface area contributed by atoms with E-state index in [1.165, 1.54) is 0 Å². The van der Waals surface area contributed by atoms with Crippen molar-refractivity contribution >= 4 is 18.0 Å². The lowest BCUT2D eigenvalue weighted by atomic mass is 9.98. The number of hydrogen-bond donors (Lipinski definition) is 3. The Morgan fingerprint density at radius 1 is 1.03 bits per heavy atom. The molecule has 2 amide bonds. The fraction of sp³-hybridized carbons (Fsp3) is 0.320. The number of carbonyl (C=O) groups is 3. The van der Waals surface area contributed by atoms with Crippen molar-refractivity contribution in [3.8, 4) is 23.0 Å². The van der Waals surface area contributed by atoms with Gasteiger partial charge in [0, 0.05) is 12.0 Å². The number of carbonyl (C=O) groups excluding carboxylic acids is 2. The number of carboxylic acids is 1. The second-order valence-corrected chi connectivity index (χ2v) is 7.90. The predicted octanol–water partition coefficient (Wildman–Crippen LogP) is 3.14. The van der Waals surface area contributed by atoms with Crippen LogP contribution in [0.3, 0.4) is 0 Å². The molecule has 0 aromatic heterocycles. The van der Waals surface area contributed by atoms with Crippen LogP contribution in [0.5, 0.6) is 0 Å². The fourth-order valence-electron chi connectivity index (χ4n) is 3.74. The van der Waals surface area contributed by atoms with Crippen LogP contribution < -0.4 is 10.6 Å². The van der Waals surface area contributed by atoms with E-state index in [0.717, 1.165) is 22.3 Å². The van der Waals surface area contributed by atoms with Crippen molar-refractivity contribution in [2.24, 2.45) is 5.92 Å². The molecule has 0 aliphatic heterocycles. The third-order valence-corrected chi connectivity index (χ3v) is 5.38. The van der Waals surface area contributed by atoms with Crippen molar-refractivity contribution in [2.45, 2.75) is 32.2 Å². The van der Waals surface area contributed by atoms with E-state index in [1.54, 1.807) is 0 Å². The summed E-state index contributed by atoms with van der Waals surface area (Å²) < 4.78 is 5.40. The molecular weight excluding hydrogens is 408 g/mol. The van der Waals surface area contributed by atoms with Gasteiger partial charge in [-0.25, -0.2) is 4.79 Å². The molecule has 0 spiro atoms. The molecule has 0 saturated heterocycles. The lowest BCUT2D eigenvalue weighted by Gasteiger charge is -2.18. The number of rotatable bonds is 7. The van der Waals surface area contributed by atoms with Gasteiger partial charge in [0.05, 0.1) is 13.0 Å². The number of benzene rings is 2. The van der Waals surface area contributed by atoms with E-state index in [2.05, 4.69) is 34.6 Å². The summed E-state index contributed by atoms with van der Waals surface area (Å²) in [6.07, 6.45) is -0.796. The third kappa shape index (κ3) is 5.67. The van der Waals surface area contributed by atoms with Crippen LogP contribution in [0.25, 0.3) is 11.1 Å². The zero-order valence-electron chi connectivity index (χ0n) is 18.1. The van der Waals surface area contributed by atoms with E-state index >= 15 is 0 Å². The molecule has 3 N–H and O–H groups in total. The SMILES string of the molecule is CC(C)[C@H](CC(=O)O)NC(=O)C#CCNC(=O)OCC1c2ccccc2-c2ccccc21. The monoisotopic (exact) mass is 434 g/mol. The summed E-state index contributed by atoms with van der Waals surface area (Å²) in [6, 6.07) is 15.6. The van der Waals surface area contributed by atoms with E-state index in [9.17, 15) is 14.4 Å². The highest BCUT2D eigenvalue weighted by molar-refractivity contribution is 5.94. The van der Waals surface area contributed by atoms with Gasteiger partial charge >= 0.3 is 12.1 Å². The summed E-state index contributed by atoms with van der Waals surface area (Å²) in [7, 11) is 0. The minimum absolute atomic E-state index is 0.0350. The van der Waals surface area contributed by atoms with Crippen LogP contribution >= 0.6 is 0 Å². The van der Waals surface area contributed by atoms with Crippen LogP contribution in [-0.4, -0.2) is 42.3 Å². The van der Waals surface area contributed by atoms with Crippen molar-refractivity contribution in [1.82, 2.24) is 10.6 Å². The van der Waals surface area contributed by atoms with E-state index in [-0.39, 0.29) is 31.4 Å². The molecule has 1 aliphatic carbocycles. The number of aliphatic carboxylic acids is 1. The number of amides is 2. The van der Waals surface area contributed by atoms with Gasteiger partial charge in [0.2, 0.25) is 0 Å². The normalized spacial score (nSPS) is 12.7. The molecule has 2 aromatic rings. The Morgan fingerprint density at radius 2 is 1.62 bits per heavy atom. The van der Waals surface area contributed by atoms with Gasteiger partial charge in [-0.15, -0.1) is 0 Å². The minimum Gasteiger partial charge on any atom is -0.481 e. The van der Waals surface area contributed by atoms with Crippen LogP contribution in [0.4, 0.5) is 4.79 Å². The summed E-state index contributed by atoms with van der Waals surface area (Å²) >= 11 is 0. The molecule has 32 heavy (non-hydrogen) atoms. The number of carboxylic acid groups (broad SMARTS) is 1. The van der Waals surface area contributed by atoms with Crippen LogP contribution in [0.1, 0.15) is 37.3 Å². The van der Waals surface area contributed by atoms with Crippen molar-refractivity contribution in [3.63, 3.8) is 0 Å². The van der Waals surface area contributed by atoms with Gasteiger partial charge in [-0.3, -0.25) is 9.59 Å². The zero-order valence-corrected chi connectivity index (χ0v) is 18.1. The molecule has 0 heterocycles. The molecule has 0 saturated carbocycles. The molecule has 1 atom stereocenters. The van der Waals surface area contributed by atoms with Crippen molar-refractivity contribution in [1.29, 1.82) is 0 Å². The molecule has 0 radical (unpaired) electrons. The smallest absolute Gasteiger partial charge is 0.407 e. The molecule has 7 heteroatoms. The summed E-state index contributed by atoms with van der Waals surface area (Å²) in [5.74, 6) is 3.25. The first-order valence-electron chi connectivity index (χ1n) is 10.5. The fourth-order valence-corrected chi connectivity index (χ4v) is 3.74. The van der Waals surface area contributed by atoms with Gasteiger partial charge in [-0.2, -0.15) is 0 Å². The van der Waals surface area contributed by atoms with Gasteiger partial charge in [0.1, 0.15) is 6.61 Å². The van der Waals surface area contributed by atoms with Gasteiger partial charge in [0.25, 0.3) is 5.91 Å². The van der Waals surface area contributed by atoms with E-state index in [4.69, 9.17) is 9.84 Å². The summed E-state index contributed by atoms with van der Waals surface area (Å²) in [4.78, 5) is 34.9. The number of hydrogen-bond acceptors (Lipinski definition) is 4. The average molecular weight is 434 g/mol. The number of ether oxygens (including phenoxy) is 1. The largest absolute Gasteiger partial charge is 0.481 e. The third-order valence-electron chi connectivity index (χ3n) is 5.38. The number of alkyl carbamates (subject to hydrolysis) is 1. The molecule has 166 valence electrons. The van der Waals surface area contributed by atoms with Gasteiger partial charge in [0.15, 0.2) is 0 Å². The molecular formula is C25H26N2O5. The van der Waals surface area contributed by atoms with E-state index in [0.29, 0.717) is 0 Å². The van der Waals surface area contributed by atoms with Crippen LogP contribution in [0, 0.1) is 17.8 Å². The summed E-state index contributed by atoms with van der Waals surface area (Å²) in [5.41, 5.74) is 4.55. The molecule has 1 aliphatic rings. The van der Waals surface area contributed by atoms with Crippen LogP contribution in [0.15, 0.2) is 48.5 Å². The zero-order chi connectivity index (χ0) is 23.1. The van der Waals surface area contributed by atoms with Crippen molar-refractivity contribution in [2.75, 3.05) is 13.2 Å². The molecule has 7 nitrogen and oxygen atoms in total. The highest BCUT2D eigenvalue weighted by Gasteiger charge is 2.28. The first kappa shape index (κ1) is 22.9. The Hall–Kier alpha value is -3.79. The maximum atomic E-state index is 12.1. The van der Waals surface area contributed by atoms with Crippen LogP contribution in [-0.2, 0) is 14.3 Å². The van der Waals surface area contributed by atoms with Crippen molar-refractivity contribution < 1.29 is 24.2 Å². The summed E-state index contributed by atoms with van der Waals surface area (Å²) in [5, 5.41) is 14.0. The first-order chi connectivity index (χ1) is 15.4. The highest BCUT2D eigenvalue weighted by Crippen LogP contribution is 2.44. The van der Waals surface area contributed by atoms with Crippen LogP contribution in [0.2, 0.25) is 0 Å². The Labute approximate surface area is 187 Å². The van der Waals surface area contributed by atoms with Gasteiger partial charge in [-0.1, -0.05) is 68.3 Å². The predicted molar refractivity (Wildman–Crippen MR) is 120 cm³/mol. The average Bonchev–Trinajstić information content (AvgIpc) is 3.08. The Balaban J connectivity index is 1.49. The molecule has 0 unspecified atom stereocenters. The summed E-state index contributed by atoms with van der Waals surface area (Å²) in [6.45, 7) is 3.77. The lowest BCUT2D eigenvalue weighted by Crippen LogP contribution is -2.39. The second-order valence-electron chi connectivity index (χ2n) is 7.90. The molecule has 3 rings (SSSR count).